The first-order valence-electron chi connectivity index (χ1n) is 8.37. The Morgan fingerprint density at radius 1 is 1.18 bits per heavy atom. The van der Waals surface area contributed by atoms with Crippen molar-refractivity contribution in [3.05, 3.63) is 33.8 Å². The summed E-state index contributed by atoms with van der Waals surface area (Å²) in [6.07, 6.45) is 3.68. The molecule has 0 saturated carbocycles. The summed E-state index contributed by atoms with van der Waals surface area (Å²) in [5, 5.41) is 5.12. The molecule has 0 spiro atoms. The van der Waals surface area contributed by atoms with Gasteiger partial charge in [0.1, 0.15) is 0 Å². The standard InChI is InChI=1S/C18H25Cl2NO/c1-3-22-10-15-14(12-4-5-16(19)17(20)8-12)9-13-6-11(2)7-18(15)21-13/h4-5,8,11,13-15,18,21H,3,6-7,9-10H2,1-2H3/t11?,13-,14+,15+,18+/m0/s1. The second-order valence-electron chi connectivity index (χ2n) is 6.89. The normalized spacial score (nSPS) is 34.6. The van der Waals surface area contributed by atoms with Gasteiger partial charge in [0.05, 0.1) is 16.7 Å². The van der Waals surface area contributed by atoms with E-state index in [1.54, 1.807) is 0 Å². The van der Waals surface area contributed by atoms with Gasteiger partial charge in [0.25, 0.3) is 0 Å². The Labute approximate surface area is 143 Å². The summed E-state index contributed by atoms with van der Waals surface area (Å²) in [6.45, 7) is 6.03. The Hall–Kier alpha value is -0.280. The number of hydrogen-bond donors (Lipinski definition) is 1. The third kappa shape index (κ3) is 3.46. The molecule has 0 amide bonds. The van der Waals surface area contributed by atoms with Crippen LogP contribution in [-0.2, 0) is 4.74 Å². The summed E-state index contributed by atoms with van der Waals surface area (Å²) in [7, 11) is 0. The van der Waals surface area contributed by atoms with Gasteiger partial charge in [-0.15, -0.1) is 0 Å². The molecule has 0 aromatic heterocycles. The molecule has 2 fully saturated rings. The van der Waals surface area contributed by atoms with Crippen LogP contribution in [0, 0.1) is 11.8 Å². The van der Waals surface area contributed by atoms with Crippen molar-refractivity contribution < 1.29 is 4.74 Å². The van der Waals surface area contributed by atoms with Crippen LogP contribution in [0.25, 0.3) is 0 Å². The molecule has 2 saturated heterocycles. The van der Waals surface area contributed by atoms with E-state index in [-0.39, 0.29) is 0 Å². The Balaban J connectivity index is 1.87. The average molecular weight is 342 g/mol. The molecule has 0 radical (unpaired) electrons. The zero-order valence-electron chi connectivity index (χ0n) is 13.3. The van der Waals surface area contributed by atoms with Crippen LogP contribution in [-0.4, -0.2) is 25.3 Å². The summed E-state index contributed by atoms with van der Waals surface area (Å²) in [5.74, 6) is 1.82. The van der Waals surface area contributed by atoms with E-state index in [9.17, 15) is 0 Å². The van der Waals surface area contributed by atoms with Crippen LogP contribution >= 0.6 is 23.2 Å². The lowest BCUT2D eigenvalue weighted by Crippen LogP contribution is -2.56. The van der Waals surface area contributed by atoms with Gasteiger partial charge in [-0.25, -0.2) is 0 Å². The van der Waals surface area contributed by atoms with Crippen molar-refractivity contribution in [1.82, 2.24) is 5.32 Å². The first kappa shape index (κ1) is 16.6. The summed E-state index contributed by atoms with van der Waals surface area (Å²) in [5.41, 5.74) is 1.31. The number of nitrogens with one attached hydrogen (secondary N) is 1. The van der Waals surface area contributed by atoms with Crippen LogP contribution in [0.1, 0.15) is 44.6 Å². The number of rotatable bonds is 4. The maximum Gasteiger partial charge on any atom is 0.0595 e. The van der Waals surface area contributed by atoms with E-state index in [4.69, 9.17) is 27.9 Å². The number of piperidine rings is 2. The molecular weight excluding hydrogens is 317 g/mol. The number of benzene rings is 1. The number of hydrogen-bond acceptors (Lipinski definition) is 2. The van der Waals surface area contributed by atoms with Gasteiger partial charge < -0.3 is 10.1 Å². The van der Waals surface area contributed by atoms with E-state index in [1.807, 2.05) is 6.07 Å². The van der Waals surface area contributed by atoms with E-state index in [1.165, 1.54) is 18.4 Å². The Morgan fingerprint density at radius 2 is 2.00 bits per heavy atom. The smallest absolute Gasteiger partial charge is 0.0595 e. The minimum Gasteiger partial charge on any atom is -0.381 e. The summed E-state index contributed by atoms with van der Waals surface area (Å²) in [4.78, 5) is 0. The topological polar surface area (TPSA) is 21.3 Å². The van der Waals surface area contributed by atoms with E-state index >= 15 is 0 Å². The quantitative estimate of drug-likeness (QED) is 0.841. The van der Waals surface area contributed by atoms with E-state index in [0.717, 1.165) is 25.6 Å². The molecule has 3 rings (SSSR count). The maximum absolute atomic E-state index is 6.25. The van der Waals surface area contributed by atoms with Crippen LogP contribution in [0.15, 0.2) is 18.2 Å². The molecule has 122 valence electrons. The monoisotopic (exact) mass is 341 g/mol. The molecule has 2 heterocycles. The number of fused-ring (bicyclic) bond motifs is 2. The molecule has 2 aliphatic heterocycles. The van der Waals surface area contributed by atoms with E-state index < -0.39 is 0 Å². The second-order valence-corrected chi connectivity index (χ2v) is 7.70. The Kier molecular flexibility index (Phi) is 5.34. The second kappa shape index (κ2) is 7.09. The molecule has 0 aliphatic carbocycles. The third-order valence-corrected chi connectivity index (χ3v) is 5.99. The first-order valence-corrected chi connectivity index (χ1v) is 9.12. The molecule has 4 heteroatoms. The minimum absolute atomic E-state index is 0.505. The number of ether oxygens (including phenoxy) is 1. The highest BCUT2D eigenvalue weighted by molar-refractivity contribution is 6.42. The minimum atomic E-state index is 0.505. The lowest BCUT2D eigenvalue weighted by atomic mass is 9.68. The predicted octanol–water partition coefficient (Wildman–Crippen LogP) is 4.89. The molecule has 2 aliphatic rings. The molecule has 22 heavy (non-hydrogen) atoms. The van der Waals surface area contributed by atoms with Gasteiger partial charge in [-0.1, -0.05) is 36.2 Å². The maximum atomic E-state index is 6.25. The molecule has 1 aromatic rings. The Bertz CT molecular complexity index is 520. The van der Waals surface area contributed by atoms with Gasteiger partial charge in [0, 0.05) is 24.6 Å². The molecule has 5 atom stereocenters. The zero-order chi connectivity index (χ0) is 15.7. The lowest BCUT2D eigenvalue weighted by molar-refractivity contribution is 0.0351. The van der Waals surface area contributed by atoms with Crippen LogP contribution in [0.5, 0.6) is 0 Å². The first-order chi connectivity index (χ1) is 10.6. The largest absolute Gasteiger partial charge is 0.381 e. The van der Waals surface area contributed by atoms with Gasteiger partial charge in [0.2, 0.25) is 0 Å². The summed E-state index contributed by atoms with van der Waals surface area (Å²) >= 11 is 12.3. The fraction of sp³-hybridized carbons (Fsp3) is 0.667. The predicted molar refractivity (Wildman–Crippen MR) is 92.9 cm³/mol. The van der Waals surface area contributed by atoms with E-state index in [0.29, 0.717) is 34.0 Å². The molecule has 1 unspecified atom stereocenters. The van der Waals surface area contributed by atoms with Crippen LogP contribution < -0.4 is 5.32 Å². The zero-order valence-corrected chi connectivity index (χ0v) is 14.8. The van der Waals surface area contributed by atoms with Crippen molar-refractivity contribution in [2.75, 3.05) is 13.2 Å². The summed E-state index contributed by atoms with van der Waals surface area (Å²) in [6, 6.07) is 7.29. The van der Waals surface area contributed by atoms with E-state index in [2.05, 4.69) is 31.3 Å². The molecule has 2 nitrogen and oxygen atoms in total. The Morgan fingerprint density at radius 3 is 2.73 bits per heavy atom. The molecule has 2 bridgehead atoms. The van der Waals surface area contributed by atoms with Gasteiger partial charge in [-0.2, -0.15) is 0 Å². The van der Waals surface area contributed by atoms with Gasteiger partial charge >= 0.3 is 0 Å². The van der Waals surface area contributed by atoms with Crippen LogP contribution in [0.4, 0.5) is 0 Å². The van der Waals surface area contributed by atoms with Crippen molar-refractivity contribution in [3.63, 3.8) is 0 Å². The fourth-order valence-corrected chi connectivity index (χ4v) is 4.60. The van der Waals surface area contributed by atoms with Crippen molar-refractivity contribution >= 4 is 23.2 Å². The van der Waals surface area contributed by atoms with Gasteiger partial charge in [0.15, 0.2) is 0 Å². The highest BCUT2D eigenvalue weighted by Gasteiger charge is 2.42. The summed E-state index contributed by atoms with van der Waals surface area (Å²) < 4.78 is 5.81. The lowest BCUT2D eigenvalue weighted by Gasteiger charge is -2.48. The highest BCUT2D eigenvalue weighted by atomic mass is 35.5. The molecule has 1 N–H and O–H groups in total. The van der Waals surface area contributed by atoms with Crippen molar-refractivity contribution in [1.29, 1.82) is 0 Å². The average Bonchev–Trinajstić information content (AvgIpc) is 2.48. The van der Waals surface area contributed by atoms with Gasteiger partial charge in [-0.05, 0) is 55.7 Å². The molecule has 1 aromatic carbocycles. The SMILES string of the molecule is CCOC[C@@H]1[C@@H](c2ccc(Cl)c(Cl)c2)C[C@@H]2CC(C)C[C@H]1N2. The molecular formula is C18H25Cl2NO. The van der Waals surface area contributed by atoms with Gasteiger partial charge in [-0.3, -0.25) is 0 Å². The fourth-order valence-electron chi connectivity index (χ4n) is 4.29. The number of halogens is 2. The van der Waals surface area contributed by atoms with Crippen molar-refractivity contribution in [2.24, 2.45) is 11.8 Å². The highest BCUT2D eigenvalue weighted by Crippen LogP contribution is 2.43. The third-order valence-electron chi connectivity index (χ3n) is 5.25. The van der Waals surface area contributed by atoms with Crippen molar-refractivity contribution in [2.45, 2.75) is 51.1 Å². The van der Waals surface area contributed by atoms with Crippen molar-refractivity contribution in [3.8, 4) is 0 Å². The van der Waals surface area contributed by atoms with Crippen LogP contribution in [0.2, 0.25) is 10.0 Å². The van der Waals surface area contributed by atoms with Crippen LogP contribution in [0.3, 0.4) is 0 Å².